The van der Waals surface area contributed by atoms with Crippen LogP contribution in [0.25, 0.3) is 0 Å². The summed E-state index contributed by atoms with van der Waals surface area (Å²) in [6, 6.07) is 9.32. The molecule has 3 rings (SSSR count). The number of unbranched alkanes of at least 4 members (excludes halogenated alkanes) is 1. The van der Waals surface area contributed by atoms with Crippen LogP contribution < -0.4 is 0 Å². The quantitative estimate of drug-likeness (QED) is 0.261. The van der Waals surface area contributed by atoms with Crippen LogP contribution in [-0.4, -0.2) is 7.11 Å². The van der Waals surface area contributed by atoms with Crippen molar-refractivity contribution in [3.8, 4) is 0 Å². The largest absolute Gasteiger partial charge is 0.377 e. The van der Waals surface area contributed by atoms with E-state index in [0.717, 1.165) is 30.1 Å². The normalized spacial score (nSPS) is 28.2. The zero-order valence-electron chi connectivity index (χ0n) is 19.8. The highest BCUT2D eigenvalue weighted by Gasteiger charge is 2.23. The molecule has 0 heterocycles. The second-order valence-electron chi connectivity index (χ2n) is 10.2. The molecule has 0 amide bonds. The van der Waals surface area contributed by atoms with Crippen molar-refractivity contribution in [3.63, 3.8) is 0 Å². The van der Waals surface area contributed by atoms with Gasteiger partial charge in [-0.1, -0.05) is 75.8 Å². The molecule has 0 aliphatic heterocycles. The lowest BCUT2D eigenvalue weighted by Gasteiger charge is -2.30. The van der Waals surface area contributed by atoms with Crippen molar-refractivity contribution in [1.29, 1.82) is 0 Å². The van der Waals surface area contributed by atoms with Crippen LogP contribution in [0.1, 0.15) is 120 Å². The Morgan fingerprint density at radius 1 is 0.867 bits per heavy atom. The Morgan fingerprint density at radius 3 is 1.90 bits per heavy atom. The Hall–Kier alpha value is -1.08. The molecule has 0 radical (unpaired) electrons. The zero-order chi connectivity index (χ0) is 21.2. The molecule has 2 fully saturated rings. The van der Waals surface area contributed by atoms with Crippen molar-refractivity contribution < 1.29 is 4.74 Å². The summed E-state index contributed by atoms with van der Waals surface area (Å²) < 4.78 is 5.58. The van der Waals surface area contributed by atoms with Gasteiger partial charge < -0.3 is 4.74 Å². The van der Waals surface area contributed by atoms with Crippen LogP contribution in [0.3, 0.4) is 0 Å². The van der Waals surface area contributed by atoms with Crippen LogP contribution >= 0.6 is 0 Å². The third-order valence-electron chi connectivity index (χ3n) is 8.22. The van der Waals surface area contributed by atoms with Crippen LogP contribution in [0.4, 0.5) is 0 Å². The number of hydrogen-bond acceptors (Lipinski definition) is 1. The lowest BCUT2D eigenvalue weighted by Crippen LogP contribution is -2.15. The van der Waals surface area contributed by atoms with E-state index in [2.05, 4.69) is 43.8 Å². The van der Waals surface area contributed by atoms with Crippen LogP contribution in [0.5, 0.6) is 0 Å². The average Bonchev–Trinajstić information content (AvgIpc) is 2.80. The molecule has 30 heavy (non-hydrogen) atoms. The van der Waals surface area contributed by atoms with Gasteiger partial charge in [-0.25, -0.2) is 0 Å². The molecular weight excluding hydrogens is 364 g/mol. The SMILES string of the molecule is C=CCC1CCC(CCCCC2CCC(c3ccc(C(CC)OC)cc3)CC2)CC1. The van der Waals surface area contributed by atoms with Gasteiger partial charge in [-0.05, 0) is 86.2 Å². The van der Waals surface area contributed by atoms with Crippen molar-refractivity contribution in [1.82, 2.24) is 0 Å². The van der Waals surface area contributed by atoms with Gasteiger partial charge in [-0.3, -0.25) is 0 Å². The molecule has 0 saturated heterocycles. The summed E-state index contributed by atoms with van der Waals surface area (Å²) in [6.07, 6.45) is 22.1. The van der Waals surface area contributed by atoms with Crippen molar-refractivity contribution in [3.05, 3.63) is 48.0 Å². The molecule has 1 unspecified atom stereocenters. The molecule has 0 bridgehead atoms. The first-order chi connectivity index (χ1) is 14.7. The predicted octanol–water partition coefficient (Wildman–Crippen LogP) is 9.00. The highest BCUT2D eigenvalue weighted by atomic mass is 16.5. The molecule has 1 heteroatoms. The molecule has 2 saturated carbocycles. The van der Waals surface area contributed by atoms with E-state index in [1.807, 2.05) is 7.11 Å². The molecule has 1 aromatic rings. The number of rotatable bonds is 11. The van der Waals surface area contributed by atoms with Gasteiger partial charge in [-0.15, -0.1) is 6.58 Å². The summed E-state index contributed by atoms with van der Waals surface area (Å²) >= 11 is 0. The predicted molar refractivity (Wildman–Crippen MR) is 130 cm³/mol. The maximum atomic E-state index is 5.58. The van der Waals surface area contributed by atoms with Crippen molar-refractivity contribution in [2.75, 3.05) is 7.11 Å². The van der Waals surface area contributed by atoms with Gasteiger partial charge in [0.25, 0.3) is 0 Å². The maximum absolute atomic E-state index is 5.58. The number of methoxy groups -OCH3 is 1. The molecule has 2 aliphatic carbocycles. The summed E-state index contributed by atoms with van der Waals surface area (Å²) in [5, 5.41) is 0. The first kappa shape index (κ1) is 23.6. The fraction of sp³-hybridized carbons (Fsp3) is 0.724. The van der Waals surface area contributed by atoms with Crippen LogP contribution in [0, 0.1) is 17.8 Å². The van der Waals surface area contributed by atoms with E-state index >= 15 is 0 Å². The van der Waals surface area contributed by atoms with Crippen molar-refractivity contribution in [2.24, 2.45) is 17.8 Å². The molecule has 1 atom stereocenters. The fourth-order valence-electron chi connectivity index (χ4n) is 6.16. The lowest BCUT2D eigenvalue weighted by atomic mass is 9.76. The third-order valence-corrected chi connectivity index (χ3v) is 8.22. The van der Waals surface area contributed by atoms with Gasteiger partial charge in [0.15, 0.2) is 0 Å². The Kier molecular flexibility index (Phi) is 9.98. The molecule has 0 N–H and O–H groups in total. The second-order valence-corrected chi connectivity index (χ2v) is 10.2. The van der Waals surface area contributed by atoms with E-state index in [1.165, 1.54) is 89.0 Å². The van der Waals surface area contributed by atoms with Crippen LogP contribution in [0.15, 0.2) is 36.9 Å². The van der Waals surface area contributed by atoms with E-state index < -0.39 is 0 Å². The van der Waals surface area contributed by atoms with E-state index in [1.54, 1.807) is 5.56 Å². The van der Waals surface area contributed by atoms with Crippen molar-refractivity contribution >= 4 is 0 Å². The Bertz CT molecular complexity index is 583. The van der Waals surface area contributed by atoms with Gasteiger partial charge in [-0.2, -0.15) is 0 Å². The molecule has 1 nitrogen and oxygen atoms in total. The first-order valence-corrected chi connectivity index (χ1v) is 13.0. The molecule has 2 aliphatic rings. The summed E-state index contributed by atoms with van der Waals surface area (Å²) in [5.41, 5.74) is 2.88. The van der Waals surface area contributed by atoms with Gasteiger partial charge in [0.05, 0.1) is 6.10 Å². The smallest absolute Gasteiger partial charge is 0.0818 e. The zero-order valence-corrected chi connectivity index (χ0v) is 19.8. The second kappa shape index (κ2) is 12.7. The minimum Gasteiger partial charge on any atom is -0.377 e. The summed E-state index contributed by atoms with van der Waals surface area (Å²) in [4.78, 5) is 0. The average molecular weight is 411 g/mol. The van der Waals surface area contributed by atoms with Gasteiger partial charge in [0.2, 0.25) is 0 Å². The topological polar surface area (TPSA) is 9.23 Å². The standard InChI is InChI=1S/C29H46O/c1-4-8-23-11-13-24(14-12-23)9-6-7-10-25-15-17-26(18-16-25)27-19-21-28(22-20-27)29(5-2)30-3/h4,19-26,29H,1,5-18H2,2-3H3. The summed E-state index contributed by atoms with van der Waals surface area (Å²) in [7, 11) is 1.82. The molecule has 1 aromatic carbocycles. The van der Waals surface area contributed by atoms with Gasteiger partial charge in [0, 0.05) is 7.11 Å². The number of ether oxygens (including phenoxy) is 1. The van der Waals surface area contributed by atoms with Gasteiger partial charge >= 0.3 is 0 Å². The summed E-state index contributed by atoms with van der Waals surface area (Å²) in [6.45, 7) is 6.10. The number of hydrogen-bond donors (Lipinski definition) is 0. The Morgan fingerprint density at radius 2 is 1.40 bits per heavy atom. The molecule has 0 spiro atoms. The van der Waals surface area contributed by atoms with E-state index in [4.69, 9.17) is 4.74 Å². The van der Waals surface area contributed by atoms with E-state index in [-0.39, 0.29) is 6.10 Å². The first-order valence-electron chi connectivity index (χ1n) is 13.0. The van der Waals surface area contributed by atoms with Crippen molar-refractivity contribution in [2.45, 2.75) is 109 Å². The Balaban J connectivity index is 1.30. The third kappa shape index (κ3) is 6.98. The van der Waals surface area contributed by atoms with Gasteiger partial charge in [0.1, 0.15) is 0 Å². The van der Waals surface area contributed by atoms with Crippen LogP contribution in [0.2, 0.25) is 0 Å². The summed E-state index contributed by atoms with van der Waals surface area (Å²) in [5.74, 6) is 3.74. The maximum Gasteiger partial charge on any atom is 0.0818 e. The molecule has 168 valence electrons. The minimum atomic E-state index is 0.247. The minimum absolute atomic E-state index is 0.247. The number of allylic oxidation sites excluding steroid dienone is 1. The highest BCUT2D eigenvalue weighted by molar-refractivity contribution is 5.27. The fourth-order valence-corrected chi connectivity index (χ4v) is 6.16. The molecular formula is C29H46O. The molecule has 0 aromatic heterocycles. The number of benzene rings is 1. The van der Waals surface area contributed by atoms with E-state index in [9.17, 15) is 0 Å². The Labute approximate surface area is 186 Å². The monoisotopic (exact) mass is 410 g/mol. The highest BCUT2D eigenvalue weighted by Crippen LogP contribution is 2.39. The van der Waals surface area contributed by atoms with Crippen LogP contribution in [-0.2, 0) is 4.74 Å². The van der Waals surface area contributed by atoms with E-state index in [0.29, 0.717) is 0 Å². The lowest BCUT2D eigenvalue weighted by molar-refractivity contribution is 0.100.